The average molecular weight is 406 g/mol. The molecule has 154 valence electrons. The number of nitrogens with zero attached hydrogens (tertiary/aromatic N) is 1. The molecule has 0 spiro atoms. The van der Waals surface area contributed by atoms with Gasteiger partial charge in [-0.2, -0.15) is 0 Å². The van der Waals surface area contributed by atoms with Crippen LogP contribution in [0.2, 0.25) is 0 Å². The van der Waals surface area contributed by atoms with Gasteiger partial charge in [0, 0.05) is 28.7 Å². The van der Waals surface area contributed by atoms with Gasteiger partial charge in [-0.15, -0.1) is 0 Å². The van der Waals surface area contributed by atoms with E-state index in [4.69, 9.17) is 4.42 Å². The van der Waals surface area contributed by atoms with E-state index in [1.807, 2.05) is 0 Å². The molecule has 0 radical (unpaired) electrons. The third-order valence-corrected chi connectivity index (χ3v) is 9.12. The van der Waals surface area contributed by atoms with E-state index < -0.39 is 0 Å². The maximum Gasteiger partial charge on any atom is 0.137 e. The minimum atomic E-state index is 0.338. The molecule has 0 saturated heterocycles. The van der Waals surface area contributed by atoms with Gasteiger partial charge in [0.1, 0.15) is 11.2 Å². The van der Waals surface area contributed by atoms with E-state index in [0.717, 1.165) is 28.9 Å². The second kappa shape index (κ2) is 5.54. The van der Waals surface area contributed by atoms with E-state index in [2.05, 4.69) is 66.2 Å². The highest BCUT2D eigenvalue weighted by Gasteiger charge is 2.52. The Kier molecular flexibility index (Phi) is 3.02. The summed E-state index contributed by atoms with van der Waals surface area (Å²) in [6, 6.07) is 20.1. The number of fused-ring (bicyclic) bond motifs is 7. The highest BCUT2D eigenvalue weighted by atomic mass is 16.3. The highest BCUT2D eigenvalue weighted by Crippen LogP contribution is 2.62. The highest BCUT2D eigenvalue weighted by molar-refractivity contribution is 6.25. The average Bonchev–Trinajstić information content (AvgIpc) is 3.28. The molecule has 3 aromatic carbocycles. The molecule has 5 aromatic rings. The topological polar surface area (TPSA) is 18.1 Å². The van der Waals surface area contributed by atoms with Gasteiger partial charge in [0.25, 0.3) is 0 Å². The Morgan fingerprint density at radius 3 is 2.16 bits per heavy atom. The summed E-state index contributed by atoms with van der Waals surface area (Å²) in [4.78, 5) is 0. The van der Waals surface area contributed by atoms with Gasteiger partial charge in [-0.1, -0.05) is 36.4 Å². The molecule has 4 bridgehead atoms. The van der Waals surface area contributed by atoms with Crippen molar-refractivity contribution < 1.29 is 4.42 Å². The SMILES string of the molecule is Cn1c2ccccc2c2c(C34CC5CC(CC(C5)C3)C4)cc3oc4ccccc4c3c21. The Bertz CT molecular complexity index is 1500. The minimum Gasteiger partial charge on any atom is -0.456 e. The molecule has 4 saturated carbocycles. The van der Waals surface area contributed by atoms with Crippen LogP contribution in [-0.4, -0.2) is 4.57 Å². The summed E-state index contributed by atoms with van der Waals surface area (Å²) in [7, 11) is 2.25. The number of aromatic nitrogens is 1. The molecular weight excluding hydrogens is 378 g/mol. The second-order valence-electron chi connectivity index (χ2n) is 10.9. The summed E-state index contributed by atoms with van der Waals surface area (Å²) in [6.07, 6.45) is 8.57. The van der Waals surface area contributed by atoms with Crippen molar-refractivity contribution in [3.8, 4) is 0 Å². The van der Waals surface area contributed by atoms with Crippen LogP contribution in [0.25, 0.3) is 43.7 Å². The van der Waals surface area contributed by atoms with Crippen molar-refractivity contribution in [1.82, 2.24) is 4.57 Å². The molecular formula is C29H27NO. The maximum absolute atomic E-state index is 6.50. The number of furan rings is 1. The van der Waals surface area contributed by atoms with Crippen LogP contribution in [0.5, 0.6) is 0 Å². The van der Waals surface area contributed by atoms with Gasteiger partial charge in [-0.25, -0.2) is 0 Å². The molecule has 2 heterocycles. The molecule has 0 atom stereocenters. The summed E-state index contributed by atoms with van der Waals surface area (Å²) >= 11 is 0. The molecule has 4 aliphatic carbocycles. The molecule has 9 rings (SSSR count). The Morgan fingerprint density at radius 2 is 1.42 bits per heavy atom. The molecule has 4 aliphatic rings. The van der Waals surface area contributed by atoms with Crippen LogP contribution in [0.4, 0.5) is 0 Å². The fourth-order valence-electron chi connectivity index (χ4n) is 8.43. The van der Waals surface area contributed by atoms with Gasteiger partial charge in [-0.05, 0) is 85.5 Å². The van der Waals surface area contributed by atoms with Crippen molar-refractivity contribution in [2.45, 2.75) is 43.9 Å². The number of rotatable bonds is 1. The predicted octanol–water partition coefficient (Wildman–Crippen LogP) is 7.70. The number of hydrogen-bond donors (Lipinski definition) is 0. The van der Waals surface area contributed by atoms with Crippen LogP contribution in [0.1, 0.15) is 44.1 Å². The number of benzene rings is 3. The van der Waals surface area contributed by atoms with Crippen molar-refractivity contribution >= 4 is 43.7 Å². The lowest BCUT2D eigenvalue weighted by molar-refractivity contribution is -0.00444. The smallest absolute Gasteiger partial charge is 0.137 e. The predicted molar refractivity (Wildman–Crippen MR) is 128 cm³/mol. The van der Waals surface area contributed by atoms with Gasteiger partial charge in [0.15, 0.2) is 0 Å². The third-order valence-electron chi connectivity index (χ3n) is 9.12. The number of para-hydroxylation sites is 2. The Labute approximate surface area is 181 Å². The van der Waals surface area contributed by atoms with E-state index in [9.17, 15) is 0 Å². The van der Waals surface area contributed by atoms with E-state index in [0.29, 0.717) is 5.41 Å². The zero-order valence-electron chi connectivity index (χ0n) is 18.0. The summed E-state index contributed by atoms with van der Waals surface area (Å²) in [5.74, 6) is 2.80. The van der Waals surface area contributed by atoms with Crippen molar-refractivity contribution in [1.29, 1.82) is 0 Å². The summed E-state index contributed by atoms with van der Waals surface area (Å²) in [5.41, 5.74) is 6.71. The van der Waals surface area contributed by atoms with Gasteiger partial charge in [0.2, 0.25) is 0 Å². The minimum absolute atomic E-state index is 0.338. The molecule has 31 heavy (non-hydrogen) atoms. The first-order valence-corrected chi connectivity index (χ1v) is 12.0. The van der Waals surface area contributed by atoms with Gasteiger partial charge >= 0.3 is 0 Å². The molecule has 2 heteroatoms. The lowest BCUT2D eigenvalue weighted by Gasteiger charge is -2.57. The lowest BCUT2D eigenvalue weighted by atomic mass is 9.47. The first-order valence-electron chi connectivity index (χ1n) is 12.0. The molecule has 0 aliphatic heterocycles. The van der Waals surface area contributed by atoms with Gasteiger partial charge in [0.05, 0.1) is 10.9 Å². The second-order valence-corrected chi connectivity index (χ2v) is 10.9. The van der Waals surface area contributed by atoms with Crippen LogP contribution >= 0.6 is 0 Å². The third kappa shape index (κ3) is 2.04. The van der Waals surface area contributed by atoms with Crippen molar-refractivity contribution in [3.63, 3.8) is 0 Å². The first kappa shape index (κ1) is 16.9. The molecule has 0 N–H and O–H groups in total. The molecule has 2 aromatic heterocycles. The Balaban J connectivity index is 1.58. The van der Waals surface area contributed by atoms with E-state index >= 15 is 0 Å². The molecule has 0 unspecified atom stereocenters. The Hall–Kier alpha value is -2.74. The molecule has 0 amide bonds. The van der Waals surface area contributed by atoms with E-state index in [-0.39, 0.29) is 0 Å². The van der Waals surface area contributed by atoms with Crippen LogP contribution in [0.15, 0.2) is 59.0 Å². The lowest BCUT2D eigenvalue weighted by Crippen LogP contribution is -2.48. The largest absolute Gasteiger partial charge is 0.456 e. The number of aryl methyl sites for hydroxylation is 1. The fraction of sp³-hybridized carbons (Fsp3) is 0.379. The summed E-state index contributed by atoms with van der Waals surface area (Å²) < 4.78 is 8.93. The zero-order chi connectivity index (χ0) is 20.3. The fourth-order valence-corrected chi connectivity index (χ4v) is 8.43. The van der Waals surface area contributed by atoms with Gasteiger partial charge < -0.3 is 8.98 Å². The standard InChI is InChI=1S/C29H27NO/c1-30-23-8-4-2-6-20(23)26-22(29-14-17-10-18(15-29)12-19(11-17)16-29)13-25-27(28(26)30)21-7-3-5-9-24(21)31-25/h2-9,13,17-19H,10-12,14-16H2,1H3. The van der Waals surface area contributed by atoms with E-state index in [1.54, 1.807) is 5.56 Å². The van der Waals surface area contributed by atoms with Crippen LogP contribution < -0.4 is 0 Å². The quantitative estimate of drug-likeness (QED) is 0.279. The zero-order valence-corrected chi connectivity index (χ0v) is 18.0. The van der Waals surface area contributed by atoms with Crippen molar-refractivity contribution in [2.75, 3.05) is 0 Å². The Morgan fingerprint density at radius 1 is 0.774 bits per heavy atom. The van der Waals surface area contributed by atoms with Crippen LogP contribution in [-0.2, 0) is 12.5 Å². The van der Waals surface area contributed by atoms with Gasteiger partial charge in [-0.3, -0.25) is 0 Å². The first-order chi connectivity index (χ1) is 15.2. The molecule has 4 fully saturated rings. The van der Waals surface area contributed by atoms with Crippen LogP contribution in [0.3, 0.4) is 0 Å². The van der Waals surface area contributed by atoms with Crippen molar-refractivity contribution in [2.24, 2.45) is 24.8 Å². The summed E-state index contributed by atoms with van der Waals surface area (Å²) in [6.45, 7) is 0. The monoisotopic (exact) mass is 405 g/mol. The molecule has 2 nitrogen and oxygen atoms in total. The maximum atomic E-state index is 6.50. The van der Waals surface area contributed by atoms with Crippen LogP contribution in [0, 0.1) is 17.8 Å². The van der Waals surface area contributed by atoms with E-state index in [1.165, 1.54) is 71.1 Å². The normalized spacial score (nSPS) is 29.8. The number of hydrogen-bond acceptors (Lipinski definition) is 1. The summed E-state index contributed by atoms with van der Waals surface area (Å²) in [5, 5.41) is 5.44. The van der Waals surface area contributed by atoms with Crippen molar-refractivity contribution in [3.05, 3.63) is 60.2 Å².